The summed E-state index contributed by atoms with van der Waals surface area (Å²) in [5.41, 5.74) is 7.48. The molecule has 2 aromatic heterocycles. The molecule has 246 valence electrons. The van der Waals surface area contributed by atoms with Crippen LogP contribution in [-0.2, 0) is 27.4 Å². The van der Waals surface area contributed by atoms with Gasteiger partial charge < -0.3 is 34.7 Å². The lowest BCUT2D eigenvalue weighted by Crippen LogP contribution is -2.54. The molecule has 8 rings (SSSR count). The topological polar surface area (TPSA) is 139 Å². The molecule has 3 N–H and O–H groups in total. The fourth-order valence-electron chi connectivity index (χ4n) is 7.66. The molecule has 11 nitrogen and oxygen atoms in total. The quantitative estimate of drug-likeness (QED) is 0.282. The number of nitrogens with two attached hydrogens (primary N) is 1. The monoisotopic (exact) mass is 664 g/mol. The van der Waals surface area contributed by atoms with Gasteiger partial charge in [-0.05, 0) is 42.5 Å². The Bertz CT molecular complexity index is 1900. The van der Waals surface area contributed by atoms with Crippen molar-refractivity contribution in [2.75, 3.05) is 63.3 Å². The number of halogens is 2. The molecule has 0 radical (unpaired) electrons. The largest absolute Gasteiger partial charge is 0.461 e. The van der Waals surface area contributed by atoms with Gasteiger partial charge >= 0.3 is 6.01 Å². The number of benzene rings is 2. The number of rotatable bonds is 8. The van der Waals surface area contributed by atoms with Gasteiger partial charge in [0.05, 0.1) is 44.0 Å². The normalized spacial score (nSPS) is 22.7. The van der Waals surface area contributed by atoms with E-state index in [2.05, 4.69) is 20.9 Å². The van der Waals surface area contributed by atoms with Crippen molar-refractivity contribution < 1.29 is 32.8 Å². The van der Waals surface area contributed by atoms with Crippen molar-refractivity contribution in [2.24, 2.45) is 0 Å². The van der Waals surface area contributed by atoms with Crippen molar-refractivity contribution in [3.05, 3.63) is 40.5 Å². The number of fused-ring (bicyclic) bond motifs is 6. The van der Waals surface area contributed by atoms with E-state index >= 15 is 8.78 Å². The summed E-state index contributed by atoms with van der Waals surface area (Å²) in [4.78, 5) is 14.2. The highest BCUT2D eigenvalue weighted by molar-refractivity contribution is 7.23. The predicted octanol–water partition coefficient (Wildman–Crippen LogP) is 4.10. The van der Waals surface area contributed by atoms with Gasteiger partial charge in [-0.15, -0.1) is 11.3 Å². The summed E-state index contributed by atoms with van der Waals surface area (Å²) >= 11 is 1.16. The average molecular weight is 665 g/mol. The lowest BCUT2D eigenvalue weighted by atomic mass is 9.90. The number of nitrogen functional groups attached to an aromatic ring is 1. The number of piperazine rings is 1. The molecule has 2 aromatic carbocycles. The van der Waals surface area contributed by atoms with Gasteiger partial charge in [0, 0.05) is 59.5 Å². The van der Waals surface area contributed by atoms with Gasteiger partial charge in [0.1, 0.15) is 40.9 Å². The third-order valence-electron chi connectivity index (χ3n) is 9.67. The second-order valence-electron chi connectivity index (χ2n) is 12.4. The van der Waals surface area contributed by atoms with Crippen molar-refractivity contribution in [3.63, 3.8) is 0 Å². The van der Waals surface area contributed by atoms with Crippen LogP contribution in [0.15, 0.2) is 12.1 Å². The first-order chi connectivity index (χ1) is 23.0. The van der Waals surface area contributed by atoms with E-state index in [1.54, 1.807) is 6.07 Å². The Morgan fingerprint density at radius 3 is 2.62 bits per heavy atom. The first-order valence-corrected chi connectivity index (χ1v) is 16.8. The van der Waals surface area contributed by atoms with Crippen LogP contribution in [0.3, 0.4) is 0 Å². The molecule has 0 spiro atoms. The Morgan fingerprint density at radius 1 is 1.06 bits per heavy atom. The van der Waals surface area contributed by atoms with Crippen molar-refractivity contribution in [1.82, 2.24) is 14.9 Å². The third-order valence-corrected chi connectivity index (χ3v) is 10.7. The van der Waals surface area contributed by atoms with Crippen LogP contribution < -0.4 is 15.4 Å². The highest BCUT2D eigenvalue weighted by Crippen LogP contribution is 2.49. The average Bonchev–Trinajstić information content (AvgIpc) is 3.77. The number of thiophene rings is 1. The summed E-state index contributed by atoms with van der Waals surface area (Å²) in [7, 11) is 0. The van der Waals surface area contributed by atoms with Crippen molar-refractivity contribution in [3.8, 4) is 23.2 Å². The third kappa shape index (κ3) is 5.16. The summed E-state index contributed by atoms with van der Waals surface area (Å²) in [6.07, 6.45) is 2.26. The molecule has 4 aliphatic rings. The summed E-state index contributed by atoms with van der Waals surface area (Å²) in [6, 6.07) is 5.16. The Balaban J connectivity index is 1.33. The molecule has 2 unspecified atom stereocenters. The van der Waals surface area contributed by atoms with E-state index in [4.69, 9.17) is 29.7 Å². The van der Waals surface area contributed by atoms with Gasteiger partial charge in [-0.2, -0.15) is 15.2 Å². The zero-order valence-corrected chi connectivity index (χ0v) is 26.5. The maximum atomic E-state index is 17.3. The number of aliphatic hydroxyl groups is 1. The molecule has 3 atom stereocenters. The number of anilines is 2. The Labute approximate surface area is 273 Å². The number of aliphatic hydroxyl groups excluding tert-OH is 1. The van der Waals surface area contributed by atoms with E-state index in [0.717, 1.165) is 43.8 Å². The molecule has 6 heterocycles. The van der Waals surface area contributed by atoms with Gasteiger partial charge in [0.2, 0.25) is 0 Å². The van der Waals surface area contributed by atoms with E-state index < -0.39 is 11.6 Å². The van der Waals surface area contributed by atoms with Gasteiger partial charge in [0.25, 0.3) is 0 Å². The van der Waals surface area contributed by atoms with Crippen LogP contribution in [0.1, 0.15) is 36.0 Å². The minimum atomic E-state index is -0.732. The second kappa shape index (κ2) is 12.4. The van der Waals surface area contributed by atoms with Crippen molar-refractivity contribution in [2.45, 2.75) is 50.7 Å². The van der Waals surface area contributed by atoms with Gasteiger partial charge in [0.15, 0.2) is 5.82 Å². The zero-order chi connectivity index (χ0) is 32.2. The van der Waals surface area contributed by atoms with Crippen LogP contribution >= 0.6 is 11.3 Å². The zero-order valence-electron chi connectivity index (χ0n) is 25.6. The molecule has 3 fully saturated rings. The minimum Gasteiger partial charge on any atom is -0.461 e. The number of nitrogens with zero attached hydrogens (tertiary/aromatic N) is 5. The number of nitriles is 1. The molecule has 14 heteroatoms. The number of ether oxygens (including phenoxy) is 4. The summed E-state index contributed by atoms with van der Waals surface area (Å²) < 4.78 is 57.1. The fourth-order valence-corrected chi connectivity index (χ4v) is 8.59. The van der Waals surface area contributed by atoms with Crippen molar-refractivity contribution >= 4 is 43.1 Å². The van der Waals surface area contributed by atoms with Gasteiger partial charge in [-0.25, -0.2) is 8.78 Å². The summed E-state index contributed by atoms with van der Waals surface area (Å²) in [5.74, 6) is -0.830. The number of hydrogen-bond donors (Lipinski definition) is 2. The van der Waals surface area contributed by atoms with E-state index in [0.29, 0.717) is 53.3 Å². The molecule has 0 saturated carbocycles. The highest BCUT2D eigenvalue weighted by atomic mass is 32.1. The maximum absolute atomic E-state index is 17.3. The van der Waals surface area contributed by atoms with Crippen LogP contribution in [0, 0.1) is 23.0 Å². The lowest BCUT2D eigenvalue weighted by Gasteiger charge is -2.42. The molecular weight excluding hydrogens is 630 g/mol. The second-order valence-corrected chi connectivity index (χ2v) is 13.5. The van der Waals surface area contributed by atoms with E-state index in [9.17, 15) is 10.4 Å². The van der Waals surface area contributed by atoms with Crippen LogP contribution in [0.2, 0.25) is 0 Å². The molecule has 2 bridgehead atoms. The number of aromatic nitrogens is 2. The van der Waals surface area contributed by atoms with Crippen LogP contribution in [0.5, 0.6) is 6.01 Å². The Morgan fingerprint density at radius 2 is 1.87 bits per heavy atom. The molecule has 4 aromatic rings. The SMILES string of the molecule is N#Cc1c(N)sc2ccc(F)c(-c3c4c(c5c(N6C7CCC6CN(CCCO)C7)nc(OC[C@H]6COCCO6)nc5c3F)COC4)c12. The molecular formula is C33H34F2N6O5S. The van der Waals surface area contributed by atoms with Crippen LogP contribution in [-0.4, -0.2) is 90.8 Å². The first kappa shape index (κ1) is 30.6. The molecule has 4 aliphatic heterocycles. The smallest absolute Gasteiger partial charge is 0.319 e. The number of hydrogen-bond acceptors (Lipinski definition) is 12. The maximum Gasteiger partial charge on any atom is 0.319 e. The summed E-state index contributed by atoms with van der Waals surface area (Å²) in [6.45, 7) is 4.17. The van der Waals surface area contributed by atoms with E-state index in [1.807, 2.05) is 0 Å². The molecule has 3 saturated heterocycles. The van der Waals surface area contributed by atoms with Crippen LogP contribution in [0.4, 0.5) is 19.6 Å². The van der Waals surface area contributed by atoms with Gasteiger partial charge in [-0.1, -0.05) is 0 Å². The van der Waals surface area contributed by atoms with Crippen LogP contribution in [0.25, 0.3) is 32.1 Å². The van der Waals surface area contributed by atoms with Crippen molar-refractivity contribution in [1.29, 1.82) is 5.26 Å². The lowest BCUT2D eigenvalue weighted by molar-refractivity contribution is -0.102. The predicted molar refractivity (Wildman–Crippen MR) is 171 cm³/mol. The molecule has 0 amide bonds. The molecule has 47 heavy (non-hydrogen) atoms. The fraction of sp³-hybridized carbons (Fsp3) is 0.485. The van der Waals surface area contributed by atoms with Gasteiger partial charge in [-0.3, -0.25) is 4.90 Å². The Hall–Kier alpha value is -3.71. The minimum absolute atomic E-state index is 0.00489. The highest BCUT2D eigenvalue weighted by Gasteiger charge is 2.43. The van der Waals surface area contributed by atoms with E-state index in [-0.39, 0.29) is 83.2 Å². The summed E-state index contributed by atoms with van der Waals surface area (Å²) in [5, 5.41) is 20.4. The van der Waals surface area contributed by atoms with E-state index in [1.165, 1.54) is 6.07 Å². The number of likely N-dealkylation sites (tertiary alicyclic amines) is 1. The Kier molecular flexibility index (Phi) is 8.07. The standard InChI is InChI=1S/C33H34F2N6O5S/c34-23-4-5-24-25(20(10-36)31(37)47-24)28(23)26-21-15-44-16-22(21)27-30(29(26)35)38-33(46-14-19-13-43-8-9-45-19)39-32(27)41-17-2-3-18(41)12-40(11-17)6-1-7-42/h4-5,17-19,42H,1-3,6-9,11-16,37H2/t17?,18?,19-/m1/s1. The first-order valence-electron chi connectivity index (χ1n) is 15.9. The molecule has 0 aliphatic carbocycles.